The summed E-state index contributed by atoms with van der Waals surface area (Å²) in [6, 6.07) is 17.9. The van der Waals surface area contributed by atoms with E-state index in [9.17, 15) is 9.59 Å². The van der Waals surface area contributed by atoms with Crippen molar-refractivity contribution < 1.29 is 23.5 Å². The summed E-state index contributed by atoms with van der Waals surface area (Å²) < 4.78 is 16.7. The normalized spacial score (nSPS) is 13.1. The molecule has 2 atom stereocenters. The van der Waals surface area contributed by atoms with Crippen molar-refractivity contribution in [1.82, 2.24) is 20.8 Å². The molecule has 0 aliphatic carbocycles. The summed E-state index contributed by atoms with van der Waals surface area (Å²) >= 11 is 0. The Morgan fingerprint density at radius 3 is 2.03 bits per heavy atom. The molecule has 0 unspecified atom stereocenters. The lowest BCUT2D eigenvalue weighted by molar-refractivity contribution is 0.0495. The molecule has 3 rings (SSSR count). The van der Waals surface area contributed by atoms with E-state index in [0.717, 1.165) is 11.1 Å². The summed E-state index contributed by atoms with van der Waals surface area (Å²) in [5.74, 6) is 0.375. The SMILES string of the molecule is CC(C)[C@H](NC(=O)OCc1ccccc1)c1nnc([C@H](Cc2ccccc2)NC(=O)OC(C)(C)C)o1. The van der Waals surface area contributed by atoms with Crippen molar-refractivity contribution in [2.75, 3.05) is 0 Å². The minimum absolute atomic E-state index is 0.0611. The Kier molecular flexibility index (Phi) is 9.05. The van der Waals surface area contributed by atoms with E-state index in [1.54, 1.807) is 20.8 Å². The van der Waals surface area contributed by atoms with Gasteiger partial charge in [-0.15, -0.1) is 10.2 Å². The molecule has 2 aromatic carbocycles. The zero-order chi connectivity index (χ0) is 26.1. The van der Waals surface area contributed by atoms with Gasteiger partial charge in [-0.2, -0.15) is 0 Å². The fraction of sp³-hybridized carbons (Fsp3) is 0.407. The maximum absolute atomic E-state index is 12.5. The van der Waals surface area contributed by atoms with Crippen molar-refractivity contribution >= 4 is 12.2 Å². The van der Waals surface area contributed by atoms with Gasteiger partial charge in [-0.3, -0.25) is 0 Å². The molecular formula is C27H34N4O5. The molecule has 192 valence electrons. The Morgan fingerprint density at radius 2 is 1.44 bits per heavy atom. The molecule has 3 aromatic rings. The van der Waals surface area contributed by atoms with E-state index in [4.69, 9.17) is 13.9 Å². The molecule has 0 saturated carbocycles. The van der Waals surface area contributed by atoms with Gasteiger partial charge in [0.1, 0.15) is 24.3 Å². The first kappa shape index (κ1) is 26.7. The highest BCUT2D eigenvalue weighted by Crippen LogP contribution is 2.25. The average molecular weight is 495 g/mol. The van der Waals surface area contributed by atoms with Crippen LogP contribution < -0.4 is 10.6 Å². The fourth-order valence-corrected chi connectivity index (χ4v) is 3.42. The zero-order valence-electron chi connectivity index (χ0n) is 21.4. The number of amides is 2. The molecule has 0 fully saturated rings. The molecule has 0 aliphatic rings. The van der Waals surface area contributed by atoms with Gasteiger partial charge in [-0.1, -0.05) is 74.5 Å². The summed E-state index contributed by atoms with van der Waals surface area (Å²) in [6.45, 7) is 9.36. The van der Waals surface area contributed by atoms with Crippen molar-refractivity contribution in [3.63, 3.8) is 0 Å². The first-order valence-electron chi connectivity index (χ1n) is 11.9. The van der Waals surface area contributed by atoms with E-state index in [1.165, 1.54) is 0 Å². The number of alkyl carbamates (subject to hydrolysis) is 2. The molecule has 2 amide bonds. The summed E-state index contributed by atoms with van der Waals surface area (Å²) in [5, 5.41) is 14.0. The van der Waals surface area contributed by atoms with Crippen LogP contribution in [0, 0.1) is 5.92 Å². The van der Waals surface area contributed by atoms with E-state index in [1.807, 2.05) is 74.5 Å². The number of hydrogen-bond acceptors (Lipinski definition) is 7. The van der Waals surface area contributed by atoms with Crippen molar-refractivity contribution in [1.29, 1.82) is 0 Å². The number of nitrogens with zero attached hydrogens (tertiary/aromatic N) is 2. The summed E-state index contributed by atoms with van der Waals surface area (Å²) in [7, 11) is 0. The Morgan fingerprint density at radius 1 is 0.861 bits per heavy atom. The minimum atomic E-state index is -0.659. The van der Waals surface area contributed by atoms with Crippen LogP contribution in [0.25, 0.3) is 0 Å². The lowest BCUT2D eigenvalue weighted by Crippen LogP contribution is -2.36. The first-order chi connectivity index (χ1) is 17.1. The molecule has 1 heterocycles. The second-order valence-corrected chi connectivity index (χ2v) is 9.79. The smallest absolute Gasteiger partial charge is 0.408 e. The van der Waals surface area contributed by atoms with Crippen molar-refractivity contribution in [3.05, 3.63) is 83.6 Å². The minimum Gasteiger partial charge on any atom is -0.445 e. The predicted molar refractivity (Wildman–Crippen MR) is 134 cm³/mol. The topological polar surface area (TPSA) is 116 Å². The number of benzene rings is 2. The maximum atomic E-state index is 12.5. The number of hydrogen-bond donors (Lipinski definition) is 2. The standard InChI is InChI=1S/C27H34N4O5/c1-18(2)22(29-25(32)34-17-20-14-10-7-11-15-20)24-31-30-23(35-24)21(16-19-12-8-6-9-13-19)28-26(33)36-27(3,4)5/h6-15,18,21-22H,16-17H2,1-5H3,(H,28,33)(H,29,32)/t21-,22-/m0/s1. The first-order valence-corrected chi connectivity index (χ1v) is 11.9. The van der Waals surface area contributed by atoms with Crippen LogP contribution in [-0.4, -0.2) is 28.0 Å². The van der Waals surface area contributed by atoms with Crippen LogP contribution in [0.15, 0.2) is 65.1 Å². The third-order valence-corrected chi connectivity index (χ3v) is 5.15. The number of carbonyl (C=O) groups is 2. The molecule has 36 heavy (non-hydrogen) atoms. The van der Waals surface area contributed by atoms with Crippen LogP contribution in [0.1, 0.15) is 69.6 Å². The molecule has 0 saturated heterocycles. The largest absolute Gasteiger partial charge is 0.445 e. The lowest BCUT2D eigenvalue weighted by Gasteiger charge is -2.22. The summed E-state index contributed by atoms with van der Waals surface area (Å²) in [5.41, 5.74) is 1.20. The highest BCUT2D eigenvalue weighted by Gasteiger charge is 2.29. The van der Waals surface area contributed by atoms with Gasteiger partial charge in [0.25, 0.3) is 0 Å². The van der Waals surface area contributed by atoms with Crippen LogP contribution in [0.4, 0.5) is 9.59 Å². The van der Waals surface area contributed by atoms with E-state index >= 15 is 0 Å². The van der Waals surface area contributed by atoms with Gasteiger partial charge in [-0.25, -0.2) is 9.59 Å². The van der Waals surface area contributed by atoms with Gasteiger partial charge < -0.3 is 24.5 Å². The van der Waals surface area contributed by atoms with E-state index in [-0.39, 0.29) is 24.3 Å². The summed E-state index contributed by atoms with van der Waals surface area (Å²) in [6.07, 6.45) is -0.767. The number of nitrogens with one attached hydrogen (secondary N) is 2. The molecule has 0 aliphatic heterocycles. The second kappa shape index (κ2) is 12.2. The Balaban J connectivity index is 1.73. The van der Waals surface area contributed by atoms with Crippen molar-refractivity contribution in [2.24, 2.45) is 5.92 Å². The predicted octanol–water partition coefficient (Wildman–Crippen LogP) is 5.50. The monoisotopic (exact) mass is 494 g/mol. The lowest BCUT2D eigenvalue weighted by atomic mass is 10.0. The molecule has 0 bridgehead atoms. The maximum Gasteiger partial charge on any atom is 0.408 e. The molecule has 9 heteroatoms. The third-order valence-electron chi connectivity index (χ3n) is 5.15. The highest BCUT2D eigenvalue weighted by molar-refractivity contribution is 5.68. The van der Waals surface area contributed by atoms with Gasteiger partial charge in [0.2, 0.25) is 11.8 Å². The number of ether oxygens (including phenoxy) is 2. The Bertz CT molecular complexity index is 1110. The molecule has 1 aromatic heterocycles. The van der Waals surface area contributed by atoms with Crippen LogP contribution in [0.3, 0.4) is 0 Å². The number of aromatic nitrogens is 2. The zero-order valence-corrected chi connectivity index (χ0v) is 21.4. The van der Waals surface area contributed by atoms with Crippen molar-refractivity contribution in [3.8, 4) is 0 Å². The van der Waals surface area contributed by atoms with E-state index in [0.29, 0.717) is 6.42 Å². The molecule has 2 N–H and O–H groups in total. The van der Waals surface area contributed by atoms with E-state index < -0.39 is 29.9 Å². The van der Waals surface area contributed by atoms with Crippen LogP contribution >= 0.6 is 0 Å². The van der Waals surface area contributed by atoms with E-state index in [2.05, 4.69) is 20.8 Å². The number of carbonyl (C=O) groups excluding carboxylic acids is 2. The van der Waals surface area contributed by atoms with Gasteiger partial charge in [0, 0.05) is 6.42 Å². The van der Waals surface area contributed by atoms with Gasteiger partial charge >= 0.3 is 12.2 Å². The van der Waals surface area contributed by atoms with Crippen LogP contribution in [0.5, 0.6) is 0 Å². The molecule has 0 spiro atoms. The van der Waals surface area contributed by atoms with Crippen LogP contribution in [0.2, 0.25) is 0 Å². The second-order valence-electron chi connectivity index (χ2n) is 9.79. The van der Waals surface area contributed by atoms with Gasteiger partial charge in [-0.05, 0) is 37.8 Å². The van der Waals surface area contributed by atoms with Crippen LogP contribution in [-0.2, 0) is 22.5 Å². The third kappa shape index (κ3) is 8.41. The quantitative estimate of drug-likeness (QED) is 0.403. The Labute approximate surface area is 211 Å². The fourth-order valence-electron chi connectivity index (χ4n) is 3.42. The van der Waals surface area contributed by atoms with Gasteiger partial charge in [0.15, 0.2) is 0 Å². The highest BCUT2D eigenvalue weighted by atomic mass is 16.6. The number of rotatable bonds is 9. The molecular weight excluding hydrogens is 460 g/mol. The van der Waals surface area contributed by atoms with Crippen molar-refractivity contribution in [2.45, 2.75) is 65.3 Å². The Hall–Kier alpha value is -3.88. The summed E-state index contributed by atoms with van der Waals surface area (Å²) in [4.78, 5) is 25.0. The molecule has 0 radical (unpaired) electrons. The molecule has 9 nitrogen and oxygen atoms in total. The average Bonchev–Trinajstić information content (AvgIpc) is 3.30. The van der Waals surface area contributed by atoms with Gasteiger partial charge in [0.05, 0.1) is 0 Å².